The lowest BCUT2D eigenvalue weighted by molar-refractivity contribution is -0.617. The number of nitrogens with zero attached hydrogens (tertiary/aromatic N) is 2. The molecule has 134 valence electrons. The number of nitrogens with one attached hydrogen (secondary N) is 2. The van der Waals surface area contributed by atoms with Gasteiger partial charge >= 0.3 is 0 Å². The lowest BCUT2D eigenvalue weighted by Gasteiger charge is -2.20. The van der Waals surface area contributed by atoms with Crippen LogP contribution in [0.2, 0.25) is 0 Å². The van der Waals surface area contributed by atoms with Crippen molar-refractivity contribution < 1.29 is 10.4 Å². The zero-order valence-corrected chi connectivity index (χ0v) is 14.5. The number of H-pyrrole nitrogens is 1. The van der Waals surface area contributed by atoms with Crippen LogP contribution in [0.25, 0.3) is 10.9 Å². The molecule has 0 amide bonds. The number of nitrogens with two attached hydrogens (primary N) is 2. The summed E-state index contributed by atoms with van der Waals surface area (Å²) in [5.74, 6) is 1.24. The fourth-order valence-electron chi connectivity index (χ4n) is 3.71. The van der Waals surface area contributed by atoms with Crippen molar-refractivity contribution in [2.24, 2.45) is 0 Å². The van der Waals surface area contributed by atoms with E-state index in [1.807, 2.05) is 6.07 Å². The van der Waals surface area contributed by atoms with E-state index in [9.17, 15) is 5.11 Å². The molecule has 0 saturated heterocycles. The summed E-state index contributed by atoms with van der Waals surface area (Å²) >= 11 is 0. The average molecular weight is 351 g/mol. The number of hydrogen-bond acceptors (Lipinski definition) is 5. The molecular weight excluding hydrogens is 328 g/mol. The first kappa shape index (κ1) is 16.5. The first-order chi connectivity index (χ1) is 12.6. The highest BCUT2D eigenvalue weighted by atomic mass is 16.3. The number of aromatic amines is 1. The summed E-state index contributed by atoms with van der Waals surface area (Å²) in [6.07, 6.45) is 7.54. The Morgan fingerprint density at radius 3 is 2.81 bits per heavy atom. The van der Waals surface area contributed by atoms with Gasteiger partial charge in [0.05, 0.1) is 17.4 Å². The Labute approximate surface area is 151 Å². The molecule has 0 spiro atoms. The number of phenolic OH excluding ortho intramolecular Hbond substituents is 1. The summed E-state index contributed by atoms with van der Waals surface area (Å²) in [6.45, 7) is 0. The molecule has 2 aromatic heterocycles. The van der Waals surface area contributed by atoms with Crippen molar-refractivity contribution in [3.05, 3.63) is 41.9 Å². The minimum Gasteiger partial charge on any atom is -0.508 e. The van der Waals surface area contributed by atoms with Crippen LogP contribution in [0.4, 0.5) is 11.6 Å². The fraction of sp³-hybridized carbons (Fsp3) is 0.316. The Kier molecular flexibility index (Phi) is 4.30. The maximum Gasteiger partial charge on any atom is 0.239 e. The number of aromatic hydroxyl groups is 1. The van der Waals surface area contributed by atoms with Crippen molar-refractivity contribution in [1.29, 1.82) is 5.41 Å². The number of aromatic nitrogens is 3. The van der Waals surface area contributed by atoms with Gasteiger partial charge in [-0.2, -0.15) is 4.98 Å². The molecule has 1 aromatic carbocycles. The van der Waals surface area contributed by atoms with Gasteiger partial charge in [-0.1, -0.05) is 6.42 Å². The van der Waals surface area contributed by atoms with Crippen LogP contribution in [-0.2, 0) is 0 Å². The minimum atomic E-state index is 0.198. The molecule has 4 rings (SSSR count). The van der Waals surface area contributed by atoms with E-state index in [0.717, 1.165) is 29.6 Å². The number of phenols is 1. The molecule has 2 heterocycles. The predicted octanol–water partition coefficient (Wildman–Crippen LogP) is 2.19. The first-order valence-electron chi connectivity index (χ1n) is 8.98. The van der Waals surface area contributed by atoms with Crippen LogP contribution in [0, 0.1) is 5.41 Å². The molecule has 7 N–H and O–H groups in total. The molecule has 1 fully saturated rings. The van der Waals surface area contributed by atoms with Crippen LogP contribution < -0.4 is 11.1 Å². The summed E-state index contributed by atoms with van der Waals surface area (Å²) in [6, 6.07) is 7.40. The van der Waals surface area contributed by atoms with E-state index in [1.54, 1.807) is 18.2 Å². The second-order valence-corrected chi connectivity index (χ2v) is 6.91. The van der Waals surface area contributed by atoms with Crippen LogP contribution in [0.5, 0.6) is 5.75 Å². The number of quaternary nitrogens is 1. The van der Waals surface area contributed by atoms with Gasteiger partial charge in [-0.25, -0.2) is 4.98 Å². The van der Waals surface area contributed by atoms with Gasteiger partial charge in [0.15, 0.2) is 0 Å². The number of hydrogen-bond donors (Lipinski definition) is 5. The Hall–Kier alpha value is -2.93. The molecule has 0 unspecified atom stereocenters. The van der Waals surface area contributed by atoms with Crippen molar-refractivity contribution >= 4 is 28.3 Å². The van der Waals surface area contributed by atoms with Gasteiger partial charge in [0, 0.05) is 10.9 Å². The van der Waals surface area contributed by atoms with Gasteiger partial charge in [0.25, 0.3) is 0 Å². The highest BCUT2D eigenvalue weighted by Gasteiger charge is 2.24. The van der Waals surface area contributed by atoms with Gasteiger partial charge in [0.1, 0.15) is 23.5 Å². The van der Waals surface area contributed by atoms with Crippen molar-refractivity contribution in [2.75, 3.05) is 5.73 Å². The second-order valence-electron chi connectivity index (χ2n) is 6.91. The van der Waals surface area contributed by atoms with Crippen molar-refractivity contribution in [1.82, 2.24) is 15.0 Å². The third kappa shape index (κ3) is 3.13. The van der Waals surface area contributed by atoms with E-state index in [1.165, 1.54) is 25.6 Å². The number of benzene rings is 1. The Morgan fingerprint density at radius 2 is 2.00 bits per heavy atom. The normalized spacial score (nSPS) is 15.4. The molecule has 1 aliphatic carbocycles. The van der Waals surface area contributed by atoms with Crippen LogP contribution in [0.15, 0.2) is 30.6 Å². The summed E-state index contributed by atoms with van der Waals surface area (Å²) < 4.78 is 0. The second kappa shape index (κ2) is 6.76. The number of rotatable bonds is 4. The summed E-state index contributed by atoms with van der Waals surface area (Å²) in [5, 5.41) is 21.3. The molecule has 7 nitrogen and oxygen atoms in total. The molecule has 0 radical (unpaired) electrons. The van der Waals surface area contributed by atoms with Crippen LogP contribution in [0.3, 0.4) is 0 Å². The van der Waals surface area contributed by atoms with Gasteiger partial charge in [-0.05, 0) is 49.9 Å². The third-order valence-corrected chi connectivity index (χ3v) is 5.07. The van der Waals surface area contributed by atoms with Gasteiger partial charge in [-0.15, -0.1) is 0 Å². The highest BCUT2D eigenvalue weighted by molar-refractivity contribution is 6.16. The van der Waals surface area contributed by atoms with E-state index in [2.05, 4.69) is 20.3 Å². The largest absolute Gasteiger partial charge is 0.508 e. The van der Waals surface area contributed by atoms with Crippen molar-refractivity contribution in [3.63, 3.8) is 0 Å². The zero-order valence-electron chi connectivity index (χ0n) is 14.5. The van der Waals surface area contributed by atoms with Crippen molar-refractivity contribution in [2.45, 2.75) is 38.1 Å². The molecule has 1 saturated carbocycles. The Bertz CT molecular complexity index is 958. The molecule has 1 aliphatic rings. The van der Waals surface area contributed by atoms with Crippen LogP contribution >= 0.6 is 0 Å². The standard InChI is InChI=1S/C19H22N6O/c20-17(15-9-11-8-13(26)6-7-14(11)25-15)16-18(21)22-10-23-19(16)24-12-4-2-1-3-5-12/h6-10,12,20,25-26H,1-5H2,(H3,21,22,23,24)/p+1. The maximum atomic E-state index is 9.65. The number of anilines is 1. The predicted molar refractivity (Wildman–Crippen MR) is 101 cm³/mol. The first-order valence-corrected chi connectivity index (χ1v) is 8.98. The number of nitrogen functional groups attached to an aromatic ring is 1. The fourth-order valence-corrected chi connectivity index (χ4v) is 3.71. The zero-order chi connectivity index (χ0) is 18.1. The van der Waals surface area contributed by atoms with Crippen LogP contribution in [-0.4, -0.2) is 31.8 Å². The molecule has 7 heteroatoms. The lowest BCUT2D eigenvalue weighted by Crippen LogP contribution is -2.85. The number of fused-ring (bicyclic) bond motifs is 1. The molecule has 26 heavy (non-hydrogen) atoms. The minimum absolute atomic E-state index is 0.198. The molecule has 0 atom stereocenters. The van der Waals surface area contributed by atoms with Crippen LogP contribution in [0.1, 0.15) is 43.4 Å². The van der Waals surface area contributed by atoms with E-state index >= 15 is 0 Å². The van der Waals surface area contributed by atoms with E-state index in [4.69, 9.17) is 11.1 Å². The molecule has 0 aliphatic heterocycles. The third-order valence-electron chi connectivity index (χ3n) is 5.07. The Morgan fingerprint density at radius 1 is 1.19 bits per heavy atom. The topological polar surface area (TPSA) is 128 Å². The van der Waals surface area contributed by atoms with E-state index in [0.29, 0.717) is 23.1 Å². The highest BCUT2D eigenvalue weighted by Crippen LogP contribution is 2.25. The van der Waals surface area contributed by atoms with E-state index < -0.39 is 0 Å². The van der Waals surface area contributed by atoms with Gasteiger partial charge < -0.3 is 15.8 Å². The molecule has 0 bridgehead atoms. The molecular formula is C19H23N6O+. The SMILES string of the molecule is N=C(c1cc2cc(O)ccc2[nH]1)c1c(N)ncnc1[NH2+]C1CCCCC1. The van der Waals surface area contributed by atoms with Gasteiger partial charge in [0.2, 0.25) is 5.82 Å². The Balaban J connectivity index is 1.69. The van der Waals surface area contributed by atoms with Gasteiger partial charge in [-0.3, -0.25) is 10.7 Å². The summed E-state index contributed by atoms with van der Waals surface area (Å²) in [5.41, 5.74) is 8.43. The summed E-state index contributed by atoms with van der Waals surface area (Å²) in [7, 11) is 0. The quantitative estimate of drug-likeness (QED) is 0.461. The monoisotopic (exact) mass is 351 g/mol. The summed E-state index contributed by atoms with van der Waals surface area (Å²) in [4.78, 5) is 11.7. The maximum absolute atomic E-state index is 9.65. The van der Waals surface area contributed by atoms with E-state index in [-0.39, 0.29) is 11.5 Å². The molecule has 3 aromatic rings. The average Bonchev–Trinajstić information content (AvgIpc) is 3.05. The smallest absolute Gasteiger partial charge is 0.239 e. The van der Waals surface area contributed by atoms with Crippen molar-refractivity contribution in [3.8, 4) is 5.75 Å². The lowest BCUT2D eigenvalue weighted by atomic mass is 9.95.